The molecule has 0 bridgehead atoms. The first-order valence-corrected chi connectivity index (χ1v) is 8.75. The van der Waals surface area contributed by atoms with Gasteiger partial charge in [0, 0.05) is 36.2 Å². The lowest BCUT2D eigenvalue weighted by Gasteiger charge is -2.26. The van der Waals surface area contributed by atoms with Crippen molar-refractivity contribution in [2.45, 2.75) is 26.3 Å². The first kappa shape index (κ1) is 17.7. The lowest BCUT2D eigenvalue weighted by molar-refractivity contribution is -0.116. The van der Waals surface area contributed by atoms with Crippen molar-refractivity contribution in [1.29, 1.82) is 0 Å². The average molecular weight is 348 g/mol. The summed E-state index contributed by atoms with van der Waals surface area (Å²) in [5.41, 5.74) is 9.90. The normalized spacial score (nSPS) is 17.1. The molecular formula is C21H24N4O. The number of nitrogens with one attached hydrogen (secondary N) is 2. The van der Waals surface area contributed by atoms with Gasteiger partial charge < -0.3 is 16.4 Å². The van der Waals surface area contributed by atoms with Gasteiger partial charge in [-0.1, -0.05) is 31.7 Å². The van der Waals surface area contributed by atoms with Crippen LogP contribution in [0.3, 0.4) is 0 Å². The molecule has 1 heterocycles. The molecule has 1 aliphatic rings. The number of nitrogens with zero attached hydrogens (tertiary/aromatic N) is 1. The number of aromatic nitrogens is 1. The van der Waals surface area contributed by atoms with Crippen LogP contribution in [-0.4, -0.2) is 10.8 Å². The van der Waals surface area contributed by atoms with Gasteiger partial charge in [-0.05, 0) is 42.2 Å². The van der Waals surface area contributed by atoms with Crippen LogP contribution >= 0.6 is 0 Å². The van der Waals surface area contributed by atoms with Gasteiger partial charge in [-0.15, -0.1) is 0 Å². The van der Waals surface area contributed by atoms with E-state index in [0.717, 1.165) is 23.4 Å². The second-order valence-electron chi connectivity index (χ2n) is 6.70. The monoisotopic (exact) mass is 348 g/mol. The maximum absolute atomic E-state index is 12.7. The summed E-state index contributed by atoms with van der Waals surface area (Å²) < 4.78 is 0. The molecule has 1 aromatic carbocycles. The van der Waals surface area contributed by atoms with E-state index in [1.54, 1.807) is 6.20 Å². The predicted molar refractivity (Wildman–Crippen MR) is 105 cm³/mol. The van der Waals surface area contributed by atoms with Gasteiger partial charge in [0.05, 0.1) is 5.57 Å². The van der Waals surface area contributed by atoms with Gasteiger partial charge in [0.25, 0.3) is 0 Å². The van der Waals surface area contributed by atoms with Gasteiger partial charge >= 0.3 is 0 Å². The summed E-state index contributed by atoms with van der Waals surface area (Å²) in [5, 5.41) is 6.67. The van der Waals surface area contributed by atoms with Crippen LogP contribution in [0.4, 0.5) is 11.5 Å². The first-order chi connectivity index (χ1) is 12.5. The third-order valence-corrected chi connectivity index (χ3v) is 4.39. The molecule has 5 heteroatoms. The van der Waals surface area contributed by atoms with E-state index in [4.69, 9.17) is 5.73 Å². The number of pyridine rings is 1. The minimum Gasteiger partial charge on any atom is -0.384 e. The average Bonchev–Trinajstić information content (AvgIpc) is 2.60. The highest BCUT2D eigenvalue weighted by atomic mass is 16.1. The number of Topliss-reactive ketones (excluding diaryl/α,β-unsaturated/α-hetero) is 1. The van der Waals surface area contributed by atoms with Crippen molar-refractivity contribution in [2.24, 2.45) is 5.92 Å². The minimum absolute atomic E-state index is 0.119. The van der Waals surface area contributed by atoms with Gasteiger partial charge in [0.2, 0.25) is 0 Å². The molecule has 2 aromatic rings. The molecule has 0 spiro atoms. The SMILES string of the molecule is C=C(Nc1ccccc1)C1=C(NCc2ccnc(N)c2)CC(C)CC1=O. The molecular weight excluding hydrogens is 324 g/mol. The lowest BCUT2D eigenvalue weighted by atomic mass is 9.86. The summed E-state index contributed by atoms with van der Waals surface area (Å²) >= 11 is 0. The number of hydrogen-bond acceptors (Lipinski definition) is 5. The fourth-order valence-electron chi connectivity index (χ4n) is 3.19. The van der Waals surface area contributed by atoms with Crippen molar-refractivity contribution in [3.63, 3.8) is 0 Å². The summed E-state index contributed by atoms with van der Waals surface area (Å²) in [6, 6.07) is 13.5. The van der Waals surface area contributed by atoms with Crippen LogP contribution in [0.1, 0.15) is 25.3 Å². The van der Waals surface area contributed by atoms with Gasteiger partial charge in [-0.2, -0.15) is 0 Å². The van der Waals surface area contributed by atoms with Gasteiger partial charge in [-0.25, -0.2) is 4.98 Å². The van der Waals surface area contributed by atoms with Gasteiger partial charge in [-0.3, -0.25) is 4.79 Å². The molecule has 1 unspecified atom stereocenters. The van der Waals surface area contributed by atoms with E-state index in [9.17, 15) is 4.79 Å². The Balaban J connectivity index is 1.82. The van der Waals surface area contributed by atoms with Crippen LogP contribution < -0.4 is 16.4 Å². The maximum atomic E-state index is 12.7. The van der Waals surface area contributed by atoms with Gasteiger partial charge in [0.15, 0.2) is 5.78 Å². The smallest absolute Gasteiger partial charge is 0.166 e. The first-order valence-electron chi connectivity index (χ1n) is 8.75. The molecule has 0 radical (unpaired) electrons. The topological polar surface area (TPSA) is 80.0 Å². The standard InChI is InChI=1S/C21H24N4O/c1-14-10-18(24-13-16-8-9-23-20(22)12-16)21(19(26)11-14)15(2)25-17-6-4-3-5-7-17/h3-9,12,14,24-25H,2,10-11,13H2,1H3,(H2,22,23). The second kappa shape index (κ2) is 7.87. The van der Waals surface area contributed by atoms with Crippen LogP contribution in [0.25, 0.3) is 0 Å². The molecule has 0 aliphatic heterocycles. The van der Waals surface area contributed by atoms with Crippen molar-refractivity contribution < 1.29 is 4.79 Å². The zero-order valence-corrected chi connectivity index (χ0v) is 15.0. The number of carbonyl (C=O) groups is 1. The van der Waals surface area contributed by atoms with Crippen LogP contribution in [0.2, 0.25) is 0 Å². The molecule has 1 aliphatic carbocycles. The van der Waals surface area contributed by atoms with E-state index in [2.05, 4.69) is 29.1 Å². The summed E-state index contributed by atoms with van der Waals surface area (Å²) in [6.45, 7) is 6.79. The Bertz CT molecular complexity index is 842. The molecule has 4 N–H and O–H groups in total. The van der Waals surface area contributed by atoms with Crippen LogP contribution in [-0.2, 0) is 11.3 Å². The molecule has 0 saturated carbocycles. The Kier molecular flexibility index (Phi) is 5.37. The fraction of sp³-hybridized carbons (Fsp3) is 0.238. The Morgan fingerprint density at radius 1 is 1.27 bits per heavy atom. The zero-order valence-electron chi connectivity index (χ0n) is 15.0. The molecule has 26 heavy (non-hydrogen) atoms. The Labute approximate surface area is 154 Å². The molecule has 5 nitrogen and oxygen atoms in total. The molecule has 134 valence electrons. The highest BCUT2D eigenvalue weighted by Crippen LogP contribution is 2.30. The minimum atomic E-state index is 0.119. The van der Waals surface area contributed by atoms with E-state index in [1.807, 2.05) is 42.5 Å². The number of allylic oxidation sites excluding steroid dienone is 2. The molecule has 0 saturated heterocycles. The number of hydrogen-bond donors (Lipinski definition) is 3. The Morgan fingerprint density at radius 2 is 2.04 bits per heavy atom. The lowest BCUT2D eigenvalue weighted by Crippen LogP contribution is -2.28. The zero-order chi connectivity index (χ0) is 18.5. The summed E-state index contributed by atoms with van der Waals surface area (Å²) in [7, 11) is 0. The maximum Gasteiger partial charge on any atom is 0.166 e. The summed E-state index contributed by atoms with van der Waals surface area (Å²) in [5.74, 6) is 0.913. The number of nitrogen functional groups attached to an aromatic ring is 1. The van der Waals surface area contributed by atoms with E-state index in [0.29, 0.717) is 36.0 Å². The number of nitrogens with two attached hydrogens (primary N) is 1. The van der Waals surface area contributed by atoms with Crippen molar-refractivity contribution in [3.05, 3.63) is 77.8 Å². The number of carbonyl (C=O) groups excluding carboxylic acids is 1. The largest absolute Gasteiger partial charge is 0.384 e. The molecule has 0 fully saturated rings. The number of anilines is 2. The number of rotatable bonds is 6. The highest BCUT2D eigenvalue weighted by Gasteiger charge is 2.27. The third-order valence-electron chi connectivity index (χ3n) is 4.39. The highest BCUT2D eigenvalue weighted by molar-refractivity contribution is 6.01. The van der Waals surface area contributed by atoms with Crippen LogP contribution in [0.15, 0.2) is 72.2 Å². The second-order valence-corrected chi connectivity index (χ2v) is 6.70. The van der Waals surface area contributed by atoms with Crippen molar-refractivity contribution in [2.75, 3.05) is 11.1 Å². The number of ketones is 1. The number of para-hydroxylation sites is 1. The van der Waals surface area contributed by atoms with E-state index in [-0.39, 0.29) is 5.78 Å². The number of benzene rings is 1. The van der Waals surface area contributed by atoms with Gasteiger partial charge in [0.1, 0.15) is 5.82 Å². The van der Waals surface area contributed by atoms with Crippen molar-refractivity contribution in [1.82, 2.24) is 10.3 Å². The quantitative estimate of drug-likeness (QED) is 0.743. The van der Waals surface area contributed by atoms with Crippen LogP contribution in [0, 0.1) is 5.92 Å². The molecule has 1 aromatic heterocycles. The Morgan fingerprint density at radius 3 is 2.77 bits per heavy atom. The fourth-order valence-corrected chi connectivity index (χ4v) is 3.19. The molecule has 3 rings (SSSR count). The summed E-state index contributed by atoms with van der Waals surface area (Å²) in [4.78, 5) is 16.7. The third kappa shape index (κ3) is 4.30. The molecule has 0 amide bonds. The molecule has 1 atom stereocenters. The van der Waals surface area contributed by atoms with E-state index < -0.39 is 0 Å². The van der Waals surface area contributed by atoms with E-state index >= 15 is 0 Å². The predicted octanol–water partition coefficient (Wildman–Crippen LogP) is 3.63. The summed E-state index contributed by atoms with van der Waals surface area (Å²) in [6.07, 6.45) is 3.04. The Hall–Kier alpha value is -3.08. The van der Waals surface area contributed by atoms with Crippen molar-refractivity contribution >= 4 is 17.3 Å². The van der Waals surface area contributed by atoms with E-state index in [1.165, 1.54) is 0 Å². The van der Waals surface area contributed by atoms with Crippen molar-refractivity contribution in [3.8, 4) is 0 Å². The van der Waals surface area contributed by atoms with Crippen LogP contribution in [0.5, 0.6) is 0 Å².